The maximum atomic E-state index is 9.85. The van der Waals surface area contributed by atoms with Crippen LogP contribution in [0.4, 0.5) is 0 Å². The SMILES string of the molecule is COc1ccc(/C(=C(/C#N)c2ccccc2)c2ccc(O)cc2)cc1. The molecule has 3 heteroatoms. The van der Waals surface area contributed by atoms with E-state index < -0.39 is 0 Å². The Balaban J connectivity index is 2.25. The van der Waals surface area contributed by atoms with Gasteiger partial charge in [0.15, 0.2) is 0 Å². The molecule has 0 aliphatic carbocycles. The van der Waals surface area contributed by atoms with Crippen LogP contribution in [0.25, 0.3) is 11.1 Å². The van der Waals surface area contributed by atoms with E-state index in [1.807, 2.05) is 66.7 Å². The van der Waals surface area contributed by atoms with E-state index in [0.717, 1.165) is 28.0 Å². The summed E-state index contributed by atoms with van der Waals surface area (Å²) in [6, 6.07) is 26.4. The highest BCUT2D eigenvalue weighted by molar-refractivity contribution is 6.03. The maximum Gasteiger partial charge on any atom is 0.118 e. The van der Waals surface area contributed by atoms with Gasteiger partial charge in [-0.15, -0.1) is 0 Å². The van der Waals surface area contributed by atoms with Crippen LogP contribution in [-0.2, 0) is 0 Å². The quantitative estimate of drug-likeness (QED) is 0.548. The van der Waals surface area contributed by atoms with Crippen LogP contribution < -0.4 is 4.74 Å². The van der Waals surface area contributed by atoms with Crippen LogP contribution in [0.2, 0.25) is 0 Å². The molecule has 0 fully saturated rings. The van der Waals surface area contributed by atoms with Crippen molar-refractivity contribution in [1.82, 2.24) is 0 Å². The van der Waals surface area contributed by atoms with E-state index >= 15 is 0 Å². The lowest BCUT2D eigenvalue weighted by Gasteiger charge is -2.13. The molecule has 1 N–H and O–H groups in total. The third kappa shape index (κ3) is 3.54. The molecule has 3 aromatic rings. The fourth-order valence-electron chi connectivity index (χ4n) is 2.71. The number of methoxy groups -OCH3 is 1. The number of allylic oxidation sites excluding steroid dienone is 1. The zero-order valence-electron chi connectivity index (χ0n) is 13.8. The number of hydrogen-bond acceptors (Lipinski definition) is 3. The molecule has 0 spiro atoms. The summed E-state index contributed by atoms with van der Waals surface area (Å²) in [5, 5.41) is 19.4. The number of ether oxygens (including phenoxy) is 1. The number of phenols is 1. The standard InChI is InChI=1S/C22H17NO2/c1-25-20-13-9-18(10-14-20)22(17-7-11-19(24)12-8-17)21(15-23)16-5-3-2-4-6-16/h2-14,24H,1H3/b22-21-. The van der Waals surface area contributed by atoms with E-state index in [9.17, 15) is 10.4 Å². The van der Waals surface area contributed by atoms with E-state index in [4.69, 9.17) is 4.74 Å². The van der Waals surface area contributed by atoms with Gasteiger partial charge in [-0.3, -0.25) is 0 Å². The van der Waals surface area contributed by atoms with Crippen molar-refractivity contribution < 1.29 is 9.84 Å². The second-order valence-electron chi connectivity index (χ2n) is 5.50. The summed E-state index contributed by atoms with van der Waals surface area (Å²) in [6.45, 7) is 0. The number of rotatable bonds is 4. The number of phenolic OH excluding ortho intramolecular Hbond substituents is 1. The Morgan fingerprint density at radius 3 is 1.88 bits per heavy atom. The minimum absolute atomic E-state index is 0.191. The molecule has 122 valence electrons. The van der Waals surface area contributed by atoms with Gasteiger partial charge in [0, 0.05) is 5.57 Å². The number of nitrogens with zero attached hydrogens (tertiary/aromatic N) is 1. The summed E-state index contributed by atoms with van der Waals surface area (Å²) in [5.74, 6) is 0.947. The van der Waals surface area contributed by atoms with E-state index in [2.05, 4.69) is 6.07 Å². The van der Waals surface area contributed by atoms with Gasteiger partial charge in [0.05, 0.1) is 12.7 Å². The molecule has 0 saturated heterocycles. The number of benzene rings is 3. The van der Waals surface area contributed by atoms with Crippen LogP contribution in [0.5, 0.6) is 11.5 Å². The van der Waals surface area contributed by atoms with Gasteiger partial charge in [-0.2, -0.15) is 5.26 Å². The third-order valence-electron chi connectivity index (χ3n) is 3.96. The second-order valence-corrected chi connectivity index (χ2v) is 5.50. The Bertz CT molecular complexity index is 919. The molecule has 3 rings (SSSR count). The first-order valence-electron chi connectivity index (χ1n) is 7.86. The Morgan fingerprint density at radius 1 is 0.800 bits per heavy atom. The molecule has 3 aromatic carbocycles. The summed E-state index contributed by atoms with van der Waals surface area (Å²) < 4.78 is 5.23. The van der Waals surface area contributed by atoms with Gasteiger partial charge < -0.3 is 9.84 Å². The molecular formula is C22H17NO2. The molecule has 0 saturated carbocycles. The predicted molar refractivity (Wildman–Crippen MR) is 99.1 cm³/mol. The first kappa shape index (κ1) is 16.4. The minimum Gasteiger partial charge on any atom is -0.508 e. The van der Waals surface area contributed by atoms with Crippen molar-refractivity contribution >= 4 is 11.1 Å². The van der Waals surface area contributed by atoms with E-state index in [1.54, 1.807) is 19.2 Å². The number of nitriles is 1. The molecule has 0 amide bonds. The lowest BCUT2D eigenvalue weighted by molar-refractivity contribution is 0.415. The van der Waals surface area contributed by atoms with Crippen molar-refractivity contribution in [2.75, 3.05) is 7.11 Å². The van der Waals surface area contributed by atoms with Crippen LogP contribution in [0.1, 0.15) is 16.7 Å². The van der Waals surface area contributed by atoms with Gasteiger partial charge in [0.2, 0.25) is 0 Å². The smallest absolute Gasteiger partial charge is 0.118 e. The Hall–Kier alpha value is -3.51. The maximum absolute atomic E-state index is 9.85. The average Bonchev–Trinajstić information content (AvgIpc) is 2.68. The zero-order valence-corrected chi connectivity index (χ0v) is 13.8. The van der Waals surface area contributed by atoms with Crippen LogP contribution in [0, 0.1) is 11.3 Å². The molecule has 0 radical (unpaired) electrons. The number of hydrogen-bond donors (Lipinski definition) is 1. The molecule has 0 aliphatic heterocycles. The first-order valence-corrected chi connectivity index (χ1v) is 7.86. The molecule has 0 heterocycles. The largest absolute Gasteiger partial charge is 0.508 e. The topological polar surface area (TPSA) is 53.2 Å². The lowest BCUT2D eigenvalue weighted by Crippen LogP contribution is -1.94. The number of aromatic hydroxyl groups is 1. The van der Waals surface area contributed by atoms with Crippen molar-refractivity contribution in [2.45, 2.75) is 0 Å². The van der Waals surface area contributed by atoms with Gasteiger partial charge in [-0.1, -0.05) is 54.6 Å². The summed E-state index contributed by atoms with van der Waals surface area (Å²) >= 11 is 0. The normalized spacial score (nSPS) is 11.4. The van der Waals surface area contributed by atoms with Crippen molar-refractivity contribution in [3.8, 4) is 17.6 Å². The molecule has 0 unspecified atom stereocenters. The van der Waals surface area contributed by atoms with Crippen LogP contribution in [0.15, 0.2) is 78.9 Å². The summed E-state index contributed by atoms with van der Waals surface area (Å²) in [5.41, 5.74) is 4.02. The fraction of sp³-hybridized carbons (Fsp3) is 0.0455. The summed E-state index contributed by atoms with van der Waals surface area (Å²) in [6.07, 6.45) is 0. The first-order chi connectivity index (χ1) is 12.2. The van der Waals surface area contributed by atoms with Crippen LogP contribution >= 0.6 is 0 Å². The highest BCUT2D eigenvalue weighted by Gasteiger charge is 2.14. The molecule has 0 bridgehead atoms. The highest BCUT2D eigenvalue weighted by atomic mass is 16.5. The minimum atomic E-state index is 0.191. The molecule has 0 aromatic heterocycles. The molecule has 0 aliphatic rings. The Morgan fingerprint density at radius 2 is 1.36 bits per heavy atom. The van der Waals surface area contributed by atoms with Crippen molar-refractivity contribution in [3.63, 3.8) is 0 Å². The highest BCUT2D eigenvalue weighted by Crippen LogP contribution is 2.33. The van der Waals surface area contributed by atoms with E-state index in [0.29, 0.717) is 5.57 Å². The van der Waals surface area contributed by atoms with Gasteiger partial charge in [-0.25, -0.2) is 0 Å². The van der Waals surface area contributed by atoms with Crippen LogP contribution in [-0.4, -0.2) is 12.2 Å². The van der Waals surface area contributed by atoms with Crippen molar-refractivity contribution in [3.05, 3.63) is 95.6 Å². The Labute approximate surface area is 147 Å². The Kier molecular flexibility index (Phi) is 4.82. The fourth-order valence-corrected chi connectivity index (χ4v) is 2.71. The summed E-state index contributed by atoms with van der Waals surface area (Å²) in [7, 11) is 1.62. The van der Waals surface area contributed by atoms with Gasteiger partial charge in [-0.05, 0) is 41.0 Å². The zero-order chi connectivity index (χ0) is 17.6. The van der Waals surface area contributed by atoms with Crippen LogP contribution in [0.3, 0.4) is 0 Å². The third-order valence-corrected chi connectivity index (χ3v) is 3.96. The van der Waals surface area contributed by atoms with Gasteiger partial charge in [0.25, 0.3) is 0 Å². The molecule has 25 heavy (non-hydrogen) atoms. The van der Waals surface area contributed by atoms with Crippen molar-refractivity contribution in [1.29, 1.82) is 5.26 Å². The predicted octanol–water partition coefficient (Wildman–Crippen LogP) is 4.88. The molecule has 3 nitrogen and oxygen atoms in total. The average molecular weight is 327 g/mol. The van der Waals surface area contributed by atoms with E-state index in [-0.39, 0.29) is 5.75 Å². The van der Waals surface area contributed by atoms with Gasteiger partial charge in [0.1, 0.15) is 17.6 Å². The monoisotopic (exact) mass is 327 g/mol. The summed E-state index contributed by atoms with van der Waals surface area (Å²) in [4.78, 5) is 0. The lowest BCUT2D eigenvalue weighted by atomic mass is 9.90. The van der Waals surface area contributed by atoms with Gasteiger partial charge >= 0.3 is 0 Å². The van der Waals surface area contributed by atoms with Crippen molar-refractivity contribution in [2.24, 2.45) is 0 Å². The second kappa shape index (κ2) is 7.37. The van der Waals surface area contributed by atoms with E-state index in [1.165, 1.54) is 0 Å². The molecule has 0 atom stereocenters. The molecular weight excluding hydrogens is 310 g/mol.